The molecule has 45 heavy (non-hydrogen) atoms. The van der Waals surface area contributed by atoms with Gasteiger partial charge < -0.3 is 9.80 Å². The van der Waals surface area contributed by atoms with Crippen LogP contribution < -0.4 is 9.80 Å². The lowest BCUT2D eigenvalue weighted by atomic mass is 9.97. The van der Waals surface area contributed by atoms with Gasteiger partial charge in [0.2, 0.25) is 0 Å². The van der Waals surface area contributed by atoms with Gasteiger partial charge in [0.15, 0.2) is 0 Å². The molecule has 0 atom stereocenters. The molecular formula is C42H32N2S. The molecule has 0 aliphatic carbocycles. The van der Waals surface area contributed by atoms with Crippen molar-refractivity contribution in [3.05, 3.63) is 169 Å². The number of hydrogen-bond donors (Lipinski definition) is 0. The number of thiophene rings is 1. The van der Waals surface area contributed by atoms with Crippen molar-refractivity contribution >= 4 is 76.4 Å². The predicted octanol–water partition coefficient (Wildman–Crippen LogP) is 12.8. The van der Waals surface area contributed by atoms with Crippen LogP contribution in [0.2, 0.25) is 0 Å². The lowest BCUT2D eigenvalue weighted by molar-refractivity contribution is 1.28. The van der Waals surface area contributed by atoms with Crippen LogP contribution in [-0.2, 0) is 0 Å². The maximum Gasteiger partial charge on any atom is 0.0720 e. The molecule has 0 amide bonds. The molecule has 0 spiro atoms. The Hall–Kier alpha value is -5.38. The van der Waals surface area contributed by atoms with E-state index in [0.29, 0.717) is 0 Å². The van der Waals surface area contributed by atoms with E-state index in [0.717, 1.165) is 22.7 Å². The van der Waals surface area contributed by atoms with Crippen LogP contribution in [0.1, 0.15) is 11.1 Å². The van der Waals surface area contributed by atoms with Gasteiger partial charge in [0, 0.05) is 49.0 Å². The number of fused-ring (bicyclic) bond motifs is 4. The van der Waals surface area contributed by atoms with E-state index in [2.05, 4.69) is 181 Å². The third kappa shape index (κ3) is 4.73. The molecule has 0 aliphatic heterocycles. The van der Waals surface area contributed by atoms with E-state index in [1.54, 1.807) is 0 Å². The number of aryl methyl sites for hydroxylation is 2. The van der Waals surface area contributed by atoms with Crippen molar-refractivity contribution in [2.24, 2.45) is 0 Å². The third-order valence-corrected chi connectivity index (χ3v) is 9.66. The average molecular weight is 597 g/mol. The largest absolute Gasteiger partial charge is 0.309 e. The summed E-state index contributed by atoms with van der Waals surface area (Å²) in [5.41, 5.74) is 9.45. The maximum absolute atomic E-state index is 2.46. The van der Waals surface area contributed by atoms with Crippen molar-refractivity contribution in [2.75, 3.05) is 9.80 Å². The van der Waals surface area contributed by atoms with Crippen molar-refractivity contribution < 1.29 is 0 Å². The Labute approximate surface area is 268 Å². The Bertz CT molecular complexity index is 2300. The van der Waals surface area contributed by atoms with Crippen LogP contribution in [-0.4, -0.2) is 0 Å². The fourth-order valence-electron chi connectivity index (χ4n) is 6.56. The molecule has 1 aromatic heterocycles. The fourth-order valence-corrected chi connectivity index (χ4v) is 7.81. The molecule has 8 rings (SSSR count). The van der Waals surface area contributed by atoms with Gasteiger partial charge in [0.1, 0.15) is 0 Å². The number of anilines is 6. The molecule has 1 heterocycles. The lowest BCUT2D eigenvalue weighted by Gasteiger charge is -2.32. The molecule has 0 saturated carbocycles. The molecular weight excluding hydrogens is 565 g/mol. The van der Waals surface area contributed by atoms with E-state index in [9.17, 15) is 0 Å². The summed E-state index contributed by atoms with van der Waals surface area (Å²) in [5, 5.41) is 4.96. The fraction of sp³-hybridized carbons (Fsp3) is 0.0476. The van der Waals surface area contributed by atoms with Gasteiger partial charge in [-0.05, 0) is 79.6 Å². The van der Waals surface area contributed by atoms with Crippen LogP contribution in [0.15, 0.2) is 158 Å². The van der Waals surface area contributed by atoms with Crippen LogP contribution in [0.5, 0.6) is 0 Å². The van der Waals surface area contributed by atoms with Crippen molar-refractivity contribution in [1.82, 2.24) is 0 Å². The second kappa shape index (κ2) is 11.3. The molecule has 0 unspecified atom stereocenters. The first kappa shape index (κ1) is 27.2. The van der Waals surface area contributed by atoms with Crippen molar-refractivity contribution in [2.45, 2.75) is 13.8 Å². The minimum Gasteiger partial charge on any atom is -0.309 e. The molecule has 7 aromatic carbocycles. The topological polar surface area (TPSA) is 6.48 Å². The zero-order chi connectivity index (χ0) is 30.3. The normalized spacial score (nSPS) is 11.3. The van der Waals surface area contributed by atoms with Gasteiger partial charge in [0.05, 0.1) is 16.1 Å². The summed E-state index contributed by atoms with van der Waals surface area (Å²) in [7, 11) is 0. The highest BCUT2D eigenvalue weighted by Crippen LogP contribution is 2.55. The number of hydrogen-bond acceptors (Lipinski definition) is 3. The van der Waals surface area contributed by atoms with Crippen LogP contribution in [0, 0.1) is 13.8 Å². The summed E-state index contributed by atoms with van der Waals surface area (Å²) in [4.78, 5) is 4.91. The molecule has 0 radical (unpaired) electrons. The zero-order valence-corrected chi connectivity index (χ0v) is 26.1. The third-order valence-electron chi connectivity index (χ3n) is 8.48. The van der Waals surface area contributed by atoms with E-state index in [1.165, 1.54) is 53.4 Å². The van der Waals surface area contributed by atoms with E-state index >= 15 is 0 Å². The molecule has 0 N–H and O–H groups in total. The quantitative estimate of drug-likeness (QED) is 0.176. The zero-order valence-electron chi connectivity index (χ0n) is 25.3. The highest BCUT2D eigenvalue weighted by molar-refractivity contribution is 7.26. The Kier molecular flexibility index (Phi) is 6.81. The van der Waals surface area contributed by atoms with Gasteiger partial charge in [-0.25, -0.2) is 0 Å². The molecule has 0 fully saturated rings. The highest BCUT2D eigenvalue weighted by Gasteiger charge is 2.27. The number of rotatable bonds is 6. The van der Waals surface area contributed by atoms with Gasteiger partial charge in [-0.15, -0.1) is 11.3 Å². The number of para-hydroxylation sites is 2. The average Bonchev–Trinajstić information content (AvgIpc) is 3.46. The molecule has 3 heteroatoms. The van der Waals surface area contributed by atoms with Crippen molar-refractivity contribution in [3.63, 3.8) is 0 Å². The van der Waals surface area contributed by atoms with Crippen LogP contribution in [0.4, 0.5) is 34.1 Å². The first-order chi connectivity index (χ1) is 22.2. The molecule has 0 saturated heterocycles. The van der Waals surface area contributed by atoms with E-state index in [1.807, 2.05) is 11.3 Å². The minimum atomic E-state index is 1.14. The Balaban J connectivity index is 1.57. The monoisotopic (exact) mass is 596 g/mol. The van der Waals surface area contributed by atoms with Crippen molar-refractivity contribution in [1.29, 1.82) is 0 Å². The summed E-state index contributed by atoms with van der Waals surface area (Å²) in [5.74, 6) is 0. The SMILES string of the molecule is Cc1cccc(N(c2ccccc2)c2c3ccccc3c(N(c3ccccc3)c3cccc(C)c3)c3c2sc2ccccc23)c1. The molecule has 2 nitrogen and oxygen atoms in total. The van der Waals surface area contributed by atoms with Gasteiger partial charge in [-0.2, -0.15) is 0 Å². The Morgan fingerprint density at radius 2 is 0.844 bits per heavy atom. The van der Waals surface area contributed by atoms with Crippen LogP contribution >= 0.6 is 11.3 Å². The van der Waals surface area contributed by atoms with E-state index in [-0.39, 0.29) is 0 Å². The first-order valence-electron chi connectivity index (χ1n) is 15.4. The van der Waals surface area contributed by atoms with Gasteiger partial charge in [-0.3, -0.25) is 0 Å². The lowest BCUT2D eigenvalue weighted by Crippen LogP contribution is -2.14. The summed E-state index contributed by atoms with van der Waals surface area (Å²) >= 11 is 1.88. The minimum absolute atomic E-state index is 1.14. The van der Waals surface area contributed by atoms with Gasteiger partial charge >= 0.3 is 0 Å². The molecule has 216 valence electrons. The Morgan fingerprint density at radius 3 is 1.40 bits per heavy atom. The highest BCUT2D eigenvalue weighted by atomic mass is 32.1. The molecule has 8 aromatic rings. The summed E-state index contributed by atoms with van der Waals surface area (Å²) in [6.07, 6.45) is 0. The smallest absolute Gasteiger partial charge is 0.0720 e. The second-order valence-corrected chi connectivity index (χ2v) is 12.6. The van der Waals surface area contributed by atoms with Crippen LogP contribution in [0.25, 0.3) is 30.9 Å². The first-order valence-corrected chi connectivity index (χ1v) is 16.2. The molecule has 0 aliphatic rings. The van der Waals surface area contributed by atoms with Gasteiger partial charge in [-0.1, -0.05) is 103 Å². The Morgan fingerprint density at radius 1 is 0.400 bits per heavy atom. The maximum atomic E-state index is 2.46. The summed E-state index contributed by atoms with van der Waals surface area (Å²) < 4.78 is 2.55. The summed E-state index contributed by atoms with van der Waals surface area (Å²) in [6.45, 7) is 4.34. The van der Waals surface area contributed by atoms with E-state index < -0.39 is 0 Å². The van der Waals surface area contributed by atoms with E-state index in [4.69, 9.17) is 0 Å². The predicted molar refractivity (Wildman–Crippen MR) is 196 cm³/mol. The second-order valence-electron chi connectivity index (χ2n) is 11.6. The number of benzene rings is 7. The van der Waals surface area contributed by atoms with Crippen LogP contribution in [0.3, 0.4) is 0 Å². The molecule has 0 bridgehead atoms. The van der Waals surface area contributed by atoms with Crippen molar-refractivity contribution in [3.8, 4) is 0 Å². The number of nitrogens with zero attached hydrogens (tertiary/aromatic N) is 2. The summed E-state index contributed by atoms with van der Waals surface area (Å²) in [6, 6.07) is 57.1. The van der Waals surface area contributed by atoms with Gasteiger partial charge in [0.25, 0.3) is 0 Å². The standard InChI is InChI=1S/C42H32N2S/c1-29-15-13-21-33(27-29)43(31-17-5-3-6-18-31)40-35-23-9-10-24-36(35)41(42-39(40)37-25-11-12-26-38(37)45-42)44(32-19-7-4-8-20-32)34-22-14-16-30(2)28-34/h3-28H,1-2H3.